The van der Waals surface area contributed by atoms with E-state index in [4.69, 9.17) is 4.74 Å². The number of methoxy groups -OCH3 is 1. The first-order chi connectivity index (χ1) is 8.79. The predicted octanol–water partition coefficient (Wildman–Crippen LogP) is 1.73. The molecule has 2 rings (SSSR count). The SMILES string of the molecule is COc1ccc(CNC(=O)C2CCNCC2)cc1.Cl. The molecule has 0 atom stereocenters. The summed E-state index contributed by atoms with van der Waals surface area (Å²) in [4.78, 5) is 11.9. The van der Waals surface area contributed by atoms with Gasteiger partial charge in [0.05, 0.1) is 7.11 Å². The molecule has 0 unspecified atom stereocenters. The molecule has 19 heavy (non-hydrogen) atoms. The Bertz CT molecular complexity index is 389. The van der Waals surface area contributed by atoms with Gasteiger partial charge in [0.25, 0.3) is 0 Å². The quantitative estimate of drug-likeness (QED) is 0.885. The van der Waals surface area contributed by atoms with Crippen molar-refractivity contribution >= 4 is 18.3 Å². The highest BCUT2D eigenvalue weighted by atomic mass is 35.5. The molecular weight excluding hydrogens is 264 g/mol. The zero-order valence-corrected chi connectivity index (χ0v) is 12.0. The topological polar surface area (TPSA) is 50.4 Å². The number of carbonyl (C=O) groups is 1. The monoisotopic (exact) mass is 284 g/mol. The van der Waals surface area contributed by atoms with E-state index in [1.807, 2.05) is 24.3 Å². The van der Waals surface area contributed by atoms with Crippen molar-refractivity contribution in [1.82, 2.24) is 10.6 Å². The summed E-state index contributed by atoms with van der Waals surface area (Å²) >= 11 is 0. The number of hydrogen-bond acceptors (Lipinski definition) is 3. The van der Waals surface area contributed by atoms with Crippen LogP contribution in [0.4, 0.5) is 0 Å². The fourth-order valence-electron chi connectivity index (χ4n) is 2.16. The minimum atomic E-state index is 0. The Morgan fingerprint density at radius 1 is 1.32 bits per heavy atom. The van der Waals surface area contributed by atoms with E-state index in [9.17, 15) is 4.79 Å². The summed E-state index contributed by atoms with van der Waals surface area (Å²) in [6.45, 7) is 2.48. The van der Waals surface area contributed by atoms with Crippen LogP contribution < -0.4 is 15.4 Å². The van der Waals surface area contributed by atoms with Crippen molar-refractivity contribution in [2.24, 2.45) is 5.92 Å². The van der Waals surface area contributed by atoms with E-state index in [0.717, 1.165) is 37.2 Å². The van der Waals surface area contributed by atoms with Crippen molar-refractivity contribution < 1.29 is 9.53 Å². The van der Waals surface area contributed by atoms with E-state index in [2.05, 4.69) is 10.6 Å². The number of benzene rings is 1. The van der Waals surface area contributed by atoms with Crippen molar-refractivity contribution in [3.05, 3.63) is 29.8 Å². The third-order valence-electron chi connectivity index (χ3n) is 3.34. The minimum Gasteiger partial charge on any atom is -0.497 e. The number of carbonyl (C=O) groups excluding carboxylic acids is 1. The standard InChI is InChI=1S/C14H20N2O2.ClH/c1-18-13-4-2-11(3-5-13)10-16-14(17)12-6-8-15-9-7-12;/h2-5,12,15H,6-10H2,1H3,(H,16,17);1H. The summed E-state index contributed by atoms with van der Waals surface area (Å²) in [5.41, 5.74) is 1.10. The Labute approximate surface area is 120 Å². The number of rotatable bonds is 4. The van der Waals surface area contributed by atoms with Crippen molar-refractivity contribution in [1.29, 1.82) is 0 Å². The van der Waals surface area contributed by atoms with E-state index in [0.29, 0.717) is 6.54 Å². The summed E-state index contributed by atoms with van der Waals surface area (Å²) < 4.78 is 5.10. The van der Waals surface area contributed by atoms with Gasteiger partial charge in [-0.15, -0.1) is 12.4 Å². The molecule has 1 saturated heterocycles. The van der Waals surface area contributed by atoms with E-state index >= 15 is 0 Å². The third kappa shape index (κ3) is 4.73. The molecule has 0 radical (unpaired) electrons. The van der Waals surface area contributed by atoms with E-state index in [1.165, 1.54) is 0 Å². The highest BCUT2D eigenvalue weighted by Gasteiger charge is 2.20. The Balaban J connectivity index is 0.00000180. The van der Waals surface area contributed by atoms with Gasteiger partial charge in [-0.1, -0.05) is 12.1 Å². The molecule has 1 aromatic carbocycles. The van der Waals surface area contributed by atoms with Gasteiger partial charge in [0.1, 0.15) is 5.75 Å². The van der Waals surface area contributed by atoms with Crippen LogP contribution in [0.25, 0.3) is 0 Å². The molecule has 1 aliphatic rings. The molecule has 1 fully saturated rings. The number of hydrogen-bond donors (Lipinski definition) is 2. The molecular formula is C14H21ClN2O2. The molecule has 1 amide bonds. The minimum absolute atomic E-state index is 0. The van der Waals surface area contributed by atoms with Crippen LogP contribution in [0.3, 0.4) is 0 Å². The maximum Gasteiger partial charge on any atom is 0.223 e. The van der Waals surface area contributed by atoms with Gasteiger partial charge in [-0.25, -0.2) is 0 Å². The van der Waals surface area contributed by atoms with Gasteiger partial charge >= 0.3 is 0 Å². The van der Waals surface area contributed by atoms with Crippen LogP contribution in [0, 0.1) is 5.92 Å². The van der Waals surface area contributed by atoms with Crippen LogP contribution in [0.5, 0.6) is 5.75 Å². The molecule has 1 aromatic rings. The normalized spacial score (nSPS) is 15.4. The highest BCUT2D eigenvalue weighted by Crippen LogP contribution is 2.13. The molecule has 1 heterocycles. The van der Waals surface area contributed by atoms with Crippen LogP contribution in [0.15, 0.2) is 24.3 Å². The lowest BCUT2D eigenvalue weighted by atomic mass is 9.97. The molecule has 5 heteroatoms. The van der Waals surface area contributed by atoms with Gasteiger partial charge in [-0.2, -0.15) is 0 Å². The van der Waals surface area contributed by atoms with Gasteiger partial charge in [0.15, 0.2) is 0 Å². The van der Waals surface area contributed by atoms with Crippen molar-refractivity contribution in [3.8, 4) is 5.75 Å². The lowest BCUT2D eigenvalue weighted by molar-refractivity contribution is -0.125. The average Bonchev–Trinajstić information content (AvgIpc) is 2.46. The van der Waals surface area contributed by atoms with E-state index < -0.39 is 0 Å². The summed E-state index contributed by atoms with van der Waals surface area (Å²) in [6.07, 6.45) is 1.88. The largest absolute Gasteiger partial charge is 0.497 e. The fourth-order valence-corrected chi connectivity index (χ4v) is 2.16. The second kappa shape index (κ2) is 8.02. The first-order valence-electron chi connectivity index (χ1n) is 6.41. The number of amides is 1. The van der Waals surface area contributed by atoms with Gasteiger partial charge in [0.2, 0.25) is 5.91 Å². The lowest BCUT2D eigenvalue weighted by Gasteiger charge is -2.21. The maximum atomic E-state index is 11.9. The summed E-state index contributed by atoms with van der Waals surface area (Å²) in [6, 6.07) is 7.76. The number of nitrogens with one attached hydrogen (secondary N) is 2. The van der Waals surface area contributed by atoms with Gasteiger partial charge in [-0.3, -0.25) is 4.79 Å². The summed E-state index contributed by atoms with van der Waals surface area (Å²) in [5.74, 6) is 1.18. The van der Waals surface area contributed by atoms with Crippen LogP contribution in [0.2, 0.25) is 0 Å². The van der Waals surface area contributed by atoms with Crippen molar-refractivity contribution in [2.45, 2.75) is 19.4 Å². The molecule has 2 N–H and O–H groups in total. The highest BCUT2D eigenvalue weighted by molar-refractivity contribution is 5.85. The third-order valence-corrected chi connectivity index (χ3v) is 3.34. The van der Waals surface area contributed by atoms with Crippen LogP contribution in [-0.4, -0.2) is 26.1 Å². The Morgan fingerprint density at radius 3 is 2.53 bits per heavy atom. The predicted molar refractivity (Wildman–Crippen MR) is 77.7 cm³/mol. The van der Waals surface area contributed by atoms with Crippen LogP contribution in [-0.2, 0) is 11.3 Å². The lowest BCUT2D eigenvalue weighted by Crippen LogP contribution is -2.37. The van der Waals surface area contributed by atoms with Crippen LogP contribution >= 0.6 is 12.4 Å². The number of halogens is 1. The number of ether oxygens (including phenoxy) is 1. The molecule has 1 aliphatic heterocycles. The van der Waals surface area contributed by atoms with E-state index in [1.54, 1.807) is 7.11 Å². The molecule has 0 aromatic heterocycles. The summed E-state index contributed by atoms with van der Waals surface area (Å²) in [7, 11) is 1.65. The molecule has 0 bridgehead atoms. The second-order valence-corrected chi connectivity index (χ2v) is 4.59. The van der Waals surface area contributed by atoms with Crippen LogP contribution in [0.1, 0.15) is 18.4 Å². The first kappa shape index (κ1) is 15.8. The zero-order chi connectivity index (χ0) is 12.8. The Hall–Kier alpha value is -1.26. The van der Waals surface area contributed by atoms with Gasteiger partial charge < -0.3 is 15.4 Å². The Kier molecular flexibility index (Phi) is 6.67. The van der Waals surface area contributed by atoms with E-state index in [-0.39, 0.29) is 24.2 Å². The Morgan fingerprint density at radius 2 is 1.95 bits per heavy atom. The second-order valence-electron chi connectivity index (χ2n) is 4.59. The van der Waals surface area contributed by atoms with Gasteiger partial charge in [-0.05, 0) is 43.6 Å². The van der Waals surface area contributed by atoms with Crippen molar-refractivity contribution in [2.75, 3.05) is 20.2 Å². The maximum absolute atomic E-state index is 11.9. The molecule has 0 saturated carbocycles. The smallest absolute Gasteiger partial charge is 0.223 e. The van der Waals surface area contributed by atoms with Gasteiger partial charge in [0, 0.05) is 12.5 Å². The van der Waals surface area contributed by atoms with Crippen molar-refractivity contribution in [3.63, 3.8) is 0 Å². The molecule has 0 aliphatic carbocycles. The first-order valence-corrected chi connectivity index (χ1v) is 6.41. The molecule has 4 nitrogen and oxygen atoms in total. The molecule has 0 spiro atoms. The molecule has 106 valence electrons. The summed E-state index contributed by atoms with van der Waals surface area (Å²) in [5, 5.41) is 6.26. The number of piperidine rings is 1. The fraction of sp³-hybridized carbons (Fsp3) is 0.500. The zero-order valence-electron chi connectivity index (χ0n) is 11.1. The average molecular weight is 285 g/mol.